The van der Waals surface area contributed by atoms with E-state index in [1.807, 2.05) is 0 Å². The minimum atomic E-state index is -0.0518. The van der Waals surface area contributed by atoms with Gasteiger partial charge in [-0.05, 0) is 61.7 Å². The molecule has 1 aliphatic carbocycles. The summed E-state index contributed by atoms with van der Waals surface area (Å²) in [7, 11) is -0.0518. The summed E-state index contributed by atoms with van der Waals surface area (Å²) in [6.07, 6.45) is 0. The SMILES string of the molecule is CC1=C(C)C(C)C(c2ccccc2P(C)C)=C1C. The lowest BCUT2D eigenvalue weighted by Crippen LogP contribution is -2.10. The van der Waals surface area contributed by atoms with Crippen LogP contribution in [0.25, 0.3) is 5.57 Å². The zero-order chi connectivity index (χ0) is 13.4. The van der Waals surface area contributed by atoms with Crippen LogP contribution < -0.4 is 5.30 Å². The third-order valence-electron chi connectivity index (χ3n) is 4.32. The average Bonchev–Trinajstić information content (AvgIpc) is 2.54. The first kappa shape index (κ1) is 13.6. The van der Waals surface area contributed by atoms with Crippen LogP contribution in [0.3, 0.4) is 0 Å². The van der Waals surface area contributed by atoms with Crippen LogP contribution in [-0.4, -0.2) is 13.3 Å². The Bertz CT molecular complexity index is 532. The van der Waals surface area contributed by atoms with E-state index >= 15 is 0 Å². The molecule has 0 spiro atoms. The van der Waals surface area contributed by atoms with Crippen molar-refractivity contribution in [2.45, 2.75) is 27.7 Å². The van der Waals surface area contributed by atoms with Crippen molar-refractivity contribution < 1.29 is 0 Å². The molecule has 0 N–H and O–H groups in total. The first-order chi connectivity index (χ1) is 8.45. The summed E-state index contributed by atoms with van der Waals surface area (Å²) >= 11 is 0. The molecule has 0 radical (unpaired) electrons. The molecule has 0 saturated heterocycles. The maximum absolute atomic E-state index is 2.34. The van der Waals surface area contributed by atoms with E-state index in [1.165, 1.54) is 27.6 Å². The van der Waals surface area contributed by atoms with E-state index < -0.39 is 0 Å². The zero-order valence-electron chi connectivity index (χ0n) is 12.3. The number of rotatable bonds is 2. The van der Waals surface area contributed by atoms with Crippen molar-refractivity contribution in [3.8, 4) is 0 Å². The molecule has 1 heteroatoms. The molecule has 1 unspecified atom stereocenters. The van der Waals surface area contributed by atoms with Crippen LogP contribution in [-0.2, 0) is 0 Å². The minimum absolute atomic E-state index is 0.0518. The fraction of sp³-hybridized carbons (Fsp3) is 0.412. The molecule has 18 heavy (non-hydrogen) atoms. The van der Waals surface area contributed by atoms with Gasteiger partial charge >= 0.3 is 0 Å². The summed E-state index contributed by atoms with van der Waals surface area (Å²) in [6.45, 7) is 13.8. The molecule has 0 aromatic heterocycles. The Labute approximate surface area is 113 Å². The maximum Gasteiger partial charge on any atom is 0.00317 e. The van der Waals surface area contributed by atoms with Crippen molar-refractivity contribution in [2.75, 3.05) is 13.3 Å². The Balaban J connectivity index is 2.59. The summed E-state index contributed by atoms with van der Waals surface area (Å²) < 4.78 is 0. The van der Waals surface area contributed by atoms with Gasteiger partial charge in [0.1, 0.15) is 0 Å². The van der Waals surface area contributed by atoms with Gasteiger partial charge in [-0.2, -0.15) is 0 Å². The molecular formula is C17H23P. The summed E-state index contributed by atoms with van der Waals surface area (Å²) in [5.41, 5.74) is 7.55. The van der Waals surface area contributed by atoms with Crippen LogP contribution in [0.1, 0.15) is 33.3 Å². The van der Waals surface area contributed by atoms with Crippen LogP contribution in [0.2, 0.25) is 0 Å². The highest BCUT2D eigenvalue weighted by Crippen LogP contribution is 2.43. The minimum Gasteiger partial charge on any atom is -0.0810 e. The van der Waals surface area contributed by atoms with Crippen molar-refractivity contribution in [1.29, 1.82) is 0 Å². The van der Waals surface area contributed by atoms with Gasteiger partial charge in [0.15, 0.2) is 0 Å². The van der Waals surface area contributed by atoms with Crippen LogP contribution in [0.4, 0.5) is 0 Å². The fourth-order valence-electron chi connectivity index (χ4n) is 2.89. The molecule has 2 rings (SSSR count). The van der Waals surface area contributed by atoms with Gasteiger partial charge < -0.3 is 0 Å². The normalized spacial score (nSPS) is 20.3. The Hall–Kier alpha value is -0.870. The molecule has 0 heterocycles. The van der Waals surface area contributed by atoms with Gasteiger partial charge in [-0.1, -0.05) is 44.7 Å². The average molecular weight is 258 g/mol. The third kappa shape index (κ3) is 2.08. The van der Waals surface area contributed by atoms with Crippen molar-refractivity contribution in [1.82, 2.24) is 0 Å². The molecule has 0 bridgehead atoms. The molecule has 0 aliphatic heterocycles. The van der Waals surface area contributed by atoms with E-state index in [2.05, 4.69) is 65.3 Å². The molecule has 0 saturated carbocycles. The van der Waals surface area contributed by atoms with Gasteiger partial charge in [0.2, 0.25) is 0 Å². The maximum atomic E-state index is 2.34. The van der Waals surface area contributed by atoms with E-state index in [9.17, 15) is 0 Å². The van der Waals surface area contributed by atoms with E-state index in [1.54, 1.807) is 5.57 Å². The summed E-state index contributed by atoms with van der Waals surface area (Å²) in [5, 5.41) is 1.54. The number of hydrogen-bond acceptors (Lipinski definition) is 0. The Morgan fingerprint density at radius 3 is 2.06 bits per heavy atom. The lowest BCUT2D eigenvalue weighted by atomic mass is 9.92. The first-order valence-corrected chi connectivity index (χ1v) is 8.84. The second-order valence-corrected chi connectivity index (χ2v) is 7.75. The second-order valence-electron chi connectivity index (χ2n) is 5.48. The number of benzene rings is 1. The van der Waals surface area contributed by atoms with Crippen molar-refractivity contribution in [3.05, 3.63) is 46.5 Å². The zero-order valence-corrected chi connectivity index (χ0v) is 13.2. The largest absolute Gasteiger partial charge is 0.0810 e. The van der Waals surface area contributed by atoms with E-state index in [-0.39, 0.29) is 7.92 Å². The molecule has 1 aliphatic rings. The highest BCUT2D eigenvalue weighted by molar-refractivity contribution is 7.64. The molecule has 1 aromatic carbocycles. The Kier molecular flexibility index (Phi) is 3.78. The van der Waals surface area contributed by atoms with Gasteiger partial charge in [-0.15, -0.1) is 0 Å². The summed E-state index contributed by atoms with van der Waals surface area (Å²) in [4.78, 5) is 0. The summed E-state index contributed by atoms with van der Waals surface area (Å²) in [5.74, 6) is 0.570. The van der Waals surface area contributed by atoms with Crippen LogP contribution in [0, 0.1) is 5.92 Å². The molecule has 1 atom stereocenters. The van der Waals surface area contributed by atoms with Crippen molar-refractivity contribution in [3.63, 3.8) is 0 Å². The van der Waals surface area contributed by atoms with Crippen LogP contribution in [0.15, 0.2) is 41.0 Å². The number of allylic oxidation sites excluding steroid dienone is 4. The number of hydrogen-bond donors (Lipinski definition) is 0. The third-order valence-corrected chi connectivity index (χ3v) is 5.67. The Morgan fingerprint density at radius 2 is 1.56 bits per heavy atom. The standard InChI is InChI=1S/C17H23P/c1-11-12(2)14(4)17(13(11)3)15-9-7-8-10-16(15)18(5)6/h7-10,13H,1-6H3. The molecule has 0 fully saturated rings. The van der Waals surface area contributed by atoms with Crippen molar-refractivity contribution >= 4 is 18.8 Å². The van der Waals surface area contributed by atoms with Crippen LogP contribution >= 0.6 is 7.92 Å². The topological polar surface area (TPSA) is 0 Å². The fourth-order valence-corrected chi connectivity index (χ4v) is 3.95. The van der Waals surface area contributed by atoms with Crippen LogP contribution in [0.5, 0.6) is 0 Å². The molecule has 96 valence electrons. The lowest BCUT2D eigenvalue weighted by Gasteiger charge is -2.19. The van der Waals surface area contributed by atoms with E-state index in [0.29, 0.717) is 5.92 Å². The molecule has 0 amide bonds. The molecular weight excluding hydrogens is 235 g/mol. The second kappa shape index (κ2) is 5.02. The highest BCUT2D eigenvalue weighted by Gasteiger charge is 2.26. The smallest absolute Gasteiger partial charge is 0.00317 e. The van der Waals surface area contributed by atoms with Crippen molar-refractivity contribution in [2.24, 2.45) is 5.92 Å². The lowest BCUT2D eigenvalue weighted by molar-refractivity contribution is 0.896. The summed E-state index contributed by atoms with van der Waals surface area (Å²) in [6, 6.07) is 8.95. The van der Waals surface area contributed by atoms with E-state index in [4.69, 9.17) is 0 Å². The molecule has 0 nitrogen and oxygen atoms in total. The van der Waals surface area contributed by atoms with Gasteiger partial charge in [-0.3, -0.25) is 0 Å². The quantitative estimate of drug-likeness (QED) is 0.668. The predicted molar refractivity (Wildman–Crippen MR) is 85.0 cm³/mol. The highest BCUT2D eigenvalue weighted by atomic mass is 31.1. The van der Waals surface area contributed by atoms with Gasteiger partial charge in [0, 0.05) is 5.92 Å². The van der Waals surface area contributed by atoms with Gasteiger partial charge in [-0.25, -0.2) is 0 Å². The van der Waals surface area contributed by atoms with Gasteiger partial charge in [0.05, 0.1) is 0 Å². The first-order valence-electron chi connectivity index (χ1n) is 6.60. The molecule has 1 aromatic rings. The van der Waals surface area contributed by atoms with Gasteiger partial charge in [0.25, 0.3) is 0 Å². The monoisotopic (exact) mass is 258 g/mol. The Morgan fingerprint density at radius 1 is 0.944 bits per heavy atom. The van der Waals surface area contributed by atoms with E-state index in [0.717, 1.165) is 0 Å². The predicted octanol–water partition coefficient (Wildman–Crippen LogP) is 4.81.